The molecule has 3 saturated heterocycles. The van der Waals surface area contributed by atoms with Gasteiger partial charge in [-0.15, -0.1) is 0 Å². The second kappa shape index (κ2) is 72.1. The molecule has 42 nitrogen and oxygen atoms in total. The van der Waals surface area contributed by atoms with Gasteiger partial charge in [0.2, 0.25) is 47.3 Å². The number of ether oxygens (including phenoxy) is 15. The highest BCUT2D eigenvalue weighted by Crippen LogP contribution is 2.27. The fraction of sp³-hybridized carbons (Fsp3) is 0.893. The predicted molar refractivity (Wildman–Crippen MR) is 451 cm³/mol. The van der Waals surface area contributed by atoms with Crippen LogP contribution in [0.1, 0.15) is 189 Å². The zero-order valence-electron chi connectivity index (χ0n) is 74.8. The molecule has 19 atom stereocenters. The van der Waals surface area contributed by atoms with Crippen molar-refractivity contribution in [2.45, 2.75) is 299 Å². The molecule has 0 radical (unpaired) electrons. The molecule has 42 heteroatoms. The van der Waals surface area contributed by atoms with Crippen molar-refractivity contribution < 1.29 is 165 Å². The summed E-state index contributed by atoms with van der Waals surface area (Å²) in [6.45, 7) is 6.64. The Kier molecular flexibility index (Phi) is 65.6. The zero-order chi connectivity index (χ0) is 92.5. The molecule has 0 bridgehead atoms. The normalized spacial score (nSPS) is 23.4. The van der Waals surface area contributed by atoms with E-state index in [4.69, 9.17) is 71.1 Å². The molecule has 734 valence electrons. The maximum absolute atomic E-state index is 14.5. The van der Waals surface area contributed by atoms with Crippen molar-refractivity contribution in [3.8, 4) is 0 Å². The number of aliphatic hydroxyl groups is 10. The predicted octanol–water partition coefficient (Wildman–Crippen LogP) is -2.72. The van der Waals surface area contributed by atoms with Crippen LogP contribution in [0.2, 0.25) is 0 Å². The van der Waals surface area contributed by atoms with E-state index in [1.807, 2.05) is 0 Å². The summed E-state index contributed by atoms with van der Waals surface area (Å²) in [7, 11) is 0. The summed E-state index contributed by atoms with van der Waals surface area (Å²) in [4.78, 5) is 115. The monoisotopic (exact) mass is 1820 g/mol. The van der Waals surface area contributed by atoms with Crippen molar-refractivity contribution >= 4 is 53.0 Å². The van der Waals surface area contributed by atoms with Gasteiger partial charge < -0.3 is 165 Å². The first kappa shape index (κ1) is 115. The molecule has 18 N–H and O–H groups in total. The van der Waals surface area contributed by atoms with Gasteiger partial charge in [-0.3, -0.25) is 43.2 Å². The number of carbonyl (C=O) groups excluding carboxylic acids is 9. The van der Waals surface area contributed by atoms with E-state index in [-0.39, 0.29) is 183 Å². The van der Waals surface area contributed by atoms with Gasteiger partial charge in [-0.05, 0) is 71.1 Å². The average Bonchev–Trinajstić information content (AvgIpc) is 0.817. The molecule has 126 heavy (non-hydrogen) atoms. The number of aliphatic hydroxyl groups excluding tert-OH is 10. The lowest BCUT2D eigenvalue weighted by Crippen LogP contribution is -2.64. The Labute approximate surface area is 741 Å². The van der Waals surface area contributed by atoms with E-state index < -0.39 is 184 Å². The number of Topliss-reactive ketones (excluding diaryl/α,β-unsaturated/α-hetero) is 1. The standard InChI is InChI=1S/C84H154N8O34/c1-6-7-8-9-10-11-12-13-14-15-16-17-18-28-68(101)85-29-23-20-26-62(57(2)96)92-81(111)61(25-19-22-30-86-69(102)54-118-41-38-112-32-35-115-44-47-121-82-72(88-58(3)97)78(108)75(105)65(51-93)124-82)50-64(100)63(91-71(104)56-120-43-40-114-34-37-117-46-49-123-84-74(90-60(5)99)80(110)77(107)67(53-95)126-84)27-21-24-31-87-70(103)55-119-42-39-113-33-36-116-45-48-122-83-73(89-59(4)98)79(109)76(106)66(52-94)125-83/h61-67,72-80,82-84,93-95,100,105-110H,6-56H2,1-5H3,(H,85,101)(H,86,102)(H,87,103)(H,88,97)(H,89,98)(H,90,99)(H,91,104)(H,92,111)/t61-,62?,63+,64-,65-,66-,67-,72-,73-,74-,75+,76+,77+,78-,79-,80-,82-,83-,84-/m1/s1. The van der Waals surface area contributed by atoms with Crippen molar-refractivity contribution in [3.63, 3.8) is 0 Å². The first-order valence-electron chi connectivity index (χ1n) is 45.1. The van der Waals surface area contributed by atoms with Crippen LogP contribution >= 0.6 is 0 Å². The summed E-state index contributed by atoms with van der Waals surface area (Å²) < 4.78 is 83.5. The van der Waals surface area contributed by atoms with Crippen LogP contribution in [0, 0.1) is 5.92 Å². The van der Waals surface area contributed by atoms with E-state index >= 15 is 0 Å². The molecular formula is C84H154N8O34. The van der Waals surface area contributed by atoms with Crippen LogP contribution in [0.25, 0.3) is 0 Å². The first-order chi connectivity index (χ1) is 60.8. The molecule has 8 amide bonds. The van der Waals surface area contributed by atoms with Crippen LogP contribution in [0.5, 0.6) is 0 Å². The van der Waals surface area contributed by atoms with Crippen LogP contribution in [0.4, 0.5) is 0 Å². The van der Waals surface area contributed by atoms with Crippen molar-refractivity contribution in [2.24, 2.45) is 5.92 Å². The topological polar surface area (TPSA) is 591 Å². The highest BCUT2D eigenvalue weighted by Gasteiger charge is 2.48. The Morgan fingerprint density at radius 1 is 0.341 bits per heavy atom. The Balaban J connectivity index is 1.58. The second-order valence-electron chi connectivity index (χ2n) is 31.6. The van der Waals surface area contributed by atoms with Crippen LogP contribution in [0.3, 0.4) is 0 Å². The van der Waals surface area contributed by atoms with Crippen molar-refractivity contribution in [3.05, 3.63) is 0 Å². The molecule has 0 saturated carbocycles. The van der Waals surface area contributed by atoms with Gasteiger partial charge in [0.05, 0.1) is 157 Å². The van der Waals surface area contributed by atoms with Gasteiger partial charge >= 0.3 is 0 Å². The van der Waals surface area contributed by atoms with Gasteiger partial charge in [-0.2, -0.15) is 0 Å². The number of ketones is 1. The Hall–Kier alpha value is -5.57. The van der Waals surface area contributed by atoms with Gasteiger partial charge in [-0.1, -0.05) is 90.4 Å². The van der Waals surface area contributed by atoms with E-state index in [0.29, 0.717) is 51.5 Å². The minimum absolute atomic E-state index is 0.0219. The third kappa shape index (κ3) is 51.9. The number of hydrogen-bond acceptors (Lipinski definition) is 34. The summed E-state index contributed by atoms with van der Waals surface area (Å²) >= 11 is 0. The van der Waals surface area contributed by atoms with E-state index in [1.54, 1.807) is 0 Å². The molecule has 0 aromatic rings. The van der Waals surface area contributed by atoms with E-state index in [2.05, 4.69) is 49.5 Å². The highest BCUT2D eigenvalue weighted by atomic mass is 16.7. The lowest BCUT2D eigenvalue weighted by Gasteiger charge is -2.42. The fourth-order valence-corrected chi connectivity index (χ4v) is 14.1. The molecule has 0 aromatic heterocycles. The fourth-order valence-electron chi connectivity index (χ4n) is 14.1. The summed E-state index contributed by atoms with van der Waals surface area (Å²) in [5, 5.41) is 125. The van der Waals surface area contributed by atoms with Gasteiger partial charge in [0.15, 0.2) is 24.7 Å². The minimum Gasteiger partial charge on any atom is -0.394 e. The maximum atomic E-state index is 14.5. The highest BCUT2D eigenvalue weighted by molar-refractivity contribution is 5.88. The molecule has 3 aliphatic heterocycles. The molecule has 1 unspecified atom stereocenters. The smallest absolute Gasteiger partial charge is 0.246 e. The number of carbonyl (C=O) groups is 9. The third-order valence-electron chi connectivity index (χ3n) is 21.0. The second-order valence-corrected chi connectivity index (χ2v) is 31.6. The summed E-state index contributed by atoms with van der Waals surface area (Å²) in [6, 6.07) is -5.16. The zero-order valence-corrected chi connectivity index (χ0v) is 74.8. The summed E-state index contributed by atoms with van der Waals surface area (Å²) in [6.07, 6.45) is 2.01. The molecule has 3 rings (SSSR count). The average molecular weight is 1820 g/mol. The van der Waals surface area contributed by atoms with Gasteiger partial charge in [-0.25, -0.2) is 0 Å². The maximum Gasteiger partial charge on any atom is 0.246 e. The number of unbranched alkanes of at least 4 members (excludes halogenated alkanes) is 15. The molecule has 3 fully saturated rings. The van der Waals surface area contributed by atoms with E-state index in [0.717, 1.165) is 25.7 Å². The molecule has 0 spiro atoms. The largest absolute Gasteiger partial charge is 0.394 e. The molecule has 3 aliphatic rings. The lowest BCUT2D eigenvalue weighted by atomic mass is 9.89. The SMILES string of the molecule is CCCCCCCCCCCCCCCC(=O)NCCCCC(NC(=O)[C@H](CCCCNC(=O)COCCOCCOCCO[C@@H]1O[C@H](CO)[C@H](O)[C@H](O)[C@H]1NC(C)=O)C[C@@H](O)[C@H](CCCCNC(=O)COCCOCCOCCO[C@@H]1O[C@H](CO)[C@H](O)[C@H](O)[C@H]1NC(C)=O)NC(=O)COCCOCCOCCO[C@@H]1O[C@H](CO)[C@H](O)[C@H](O)[C@H]1NC(C)=O)C(C)=O. The Bertz CT molecular complexity index is 2900. The van der Waals surface area contributed by atoms with Crippen molar-refractivity contribution in [2.75, 3.05) is 178 Å². The summed E-state index contributed by atoms with van der Waals surface area (Å²) in [5.41, 5.74) is 0. The number of nitrogens with one attached hydrogen (secondary N) is 8. The number of amides is 8. The van der Waals surface area contributed by atoms with Crippen LogP contribution in [-0.4, -0.2) is 392 Å². The van der Waals surface area contributed by atoms with Crippen molar-refractivity contribution in [1.82, 2.24) is 42.5 Å². The van der Waals surface area contributed by atoms with Crippen LogP contribution in [0.15, 0.2) is 0 Å². The molecule has 3 heterocycles. The molecule has 0 aromatic carbocycles. The van der Waals surface area contributed by atoms with Crippen molar-refractivity contribution in [1.29, 1.82) is 0 Å². The number of hydrogen-bond donors (Lipinski definition) is 18. The molecular weight excluding hydrogens is 1660 g/mol. The third-order valence-corrected chi connectivity index (χ3v) is 21.0. The van der Waals surface area contributed by atoms with Gasteiger partial charge in [0.25, 0.3) is 0 Å². The van der Waals surface area contributed by atoms with Gasteiger partial charge in [0, 0.05) is 52.7 Å². The number of rotatable bonds is 78. The quantitative estimate of drug-likeness (QED) is 0.0275. The Morgan fingerprint density at radius 2 is 0.651 bits per heavy atom. The summed E-state index contributed by atoms with van der Waals surface area (Å²) in [5.74, 6) is -4.67. The van der Waals surface area contributed by atoms with Crippen LogP contribution in [-0.2, 0) is 114 Å². The minimum atomic E-state index is -1.48. The Morgan fingerprint density at radius 3 is 0.992 bits per heavy atom. The van der Waals surface area contributed by atoms with Crippen LogP contribution < -0.4 is 42.5 Å². The van der Waals surface area contributed by atoms with E-state index in [9.17, 15) is 94.2 Å². The van der Waals surface area contributed by atoms with E-state index in [1.165, 1.54) is 85.5 Å². The molecule has 0 aliphatic carbocycles. The van der Waals surface area contributed by atoms with Gasteiger partial charge in [0.1, 0.15) is 92.9 Å². The first-order valence-corrected chi connectivity index (χ1v) is 45.1. The lowest BCUT2D eigenvalue weighted by molar-refractivity contribution is -0.272.